The van der Waals surface area contributed by atoms with E-state index in [2.05, 4.69) is 9.72 Å². The largest absolute Gasteiger partial charge is 0.464 e. The third kappa shape index (κ3) is 4.43. The number of nitrogens with zero attached hydrogens (tertiary/aromatic N) is 2. The van der Waals surface area contributed by atoms with Gasteiger partial charge in [0.2, 0.25) is 5.89 Å². The molecule has 8 nitrogen and oxygen atoms in total. The number of aromatic nitrogens is 1. The molecule has 1 amide bonds. The maximum absolute atomic E-state index is 12.4. The first kappa shape index (κ1) is 16.8. The average molecular weight is 322 g/mol. The predicted molar refractivity (Wildman–Crippen MR) is 77.8 cm³/mol. The van der Waals surface area contributed by atoms with Gasteiger partial charge in [0.25, 0.3) is 5.91 Å². The van der Waals surface area contributed by atoms with E-state index in [4.69, 9.17) is 13.6 Å². The van der Waals surface area contributed by atoms with Crippen molar-refractivity contribution < 1.29 is 27.9 Å². The Morgan fingerprint density at radius 1 is 1.30 bits per heavy atom. The highest BCUT2D eigenvalue weighted by Gasteiger charge is 2.21. The zero-order valence-corrected chi connectivity index (χ0v) is 13.0. The summed E-state index contributed by atoms with van der Waals surface area (Å²) in [5.41, 5.74) is 0.0600. The Morgan fingerprint density at radius 2 is 2.13 bits per heavy atom. The number of amides is 1. The molecule has 0 unspecified atom stereocenters. The fourth-order valence-corrected chi connectivity index (χ4v) is 1.95. The molecule has 2 aromatic heterocycles. The van der Waals surface area contributed by atoms with E-state index >= 15 is 0 Å². The molecule has 0 bridgehead atoms. The fourth-order valence-electron chi connectivity index (χ4n) is 1.95. The van der Waals surface area contributed by atoms with E-state index < -0.39 is 5.97 Å². The number of hydrogen-bond donors (Lipinski definition) is 0. The van der Waals surface area contributed by atoms with Gasteiger partial charge >= 0.3 is 5.97 Å². The number of ether oxygens (including phenoxy) is 2. The summed E-state index contributed by atoms with van der Waals surface area (Å²) in [6.45, 7) is 1.06. The van der Waals surface area contributed by atoms with Crippen LogP contribution in [-0.4, -0.2) is 49.1 Å². The van der Waals surface area contributed by atoms with Crippen LogP contribution < -0.4 is 0 Å². The lowest BCUT2D eigenvalue weighted by Crippen LogP contribution is -2.32. The second-order valence-electron chi connectivity index (χ2n) is 4.67. The van der Waals surface area contributed by atoms with Gasteiger partial charge in [-0.2, -0.15) is 0 Å². The van der Waals surface area contributed by atoms with Crippen LogP contribution in [0.25, 0.3) is 0 Å². The van der Waals surface area contributed by atoms with Crippen LogP contribution in [0.15, 0.2) is 33.5 Å². The average Bonchev–Trinajstić information content (AvgIpc) is 3.24. The van der Waals surface area contributed by atoms with E-state index in [0.717, 1.165) is 0 Å². The Labute approximate surface area is 133 Å². The van der Waals surface area contributed by atoms with Crippen LogP contribution in [-0.2, 0) is 16.0 Å². The standard InChI is InChI=1S/C15H18N2O6/c1-20-7-4-6-17(14(18)12-5-3-8-22-12)9-13-16-11(10-23-13)15(19)21-2/h3,5,8,10H,4,6-7,9H2,1-2H3. The maximum atomic E-state index is 12.4. The molecule has 0 saturated heterocycles. The van der Waals surface area contributed by atoms with Crippen LogP contribution >= 0.6 is 0 Å². The fraction of sp³-hybridized carbons (Fsp3) is 0.400. The topological polar surface area (TPSA) is 95.0 Å². The van der Waals surface area contributed by atoms with Gasteiger partial charge in [-0.05, 0) is 18.6 Å². The molecule has 0 radical (unpaired) electrons. The van der Waals surface area contributed by atoms with Crippen LogP contribution in [0, 0.1) is 0 Å². The van der Waals surface area contributed by atoms with Gasteiger partial charge in [-0.1, -0.05) is 0 Å². The van der Waals surface area contributed by atoms with E-state index in [0.29, 0.717) is 19.6 Å². The monoisotopic (exact) mass is 322 g/mol. The Bertz CT molecular complexity index is 634. The van der Waals surface area contributed by atoms with Crippen molar-refractivity contribution in [3.63, 3.8) is 0 Å². The van der Waals surface area contributed by atoms with Crippen molar-refractivity contribution in [2.24, 2.45) is 0 Å². The van der Waals surface area contributed by atoms with Gasteiger partial charge in [-0.3, -0.25) is 4.79 Å². The van der Waals surface area contributed by atoms with Crippen LogP contribution in [0.1, 0.15) is 33.4 Å². The summed E-state index contributed by atoms with van der Waals surface area (Å²) in [6.07, 6.45) is 3.28. The highest BCUT2D eigenvalue weighted by molar-refractivity contribution is 5.91. The molecular formula is C15H18N2O6. The lowest BCUT2D eigenvalue weighted by molar-refractivity contribution is 0.0594. The molecular weight excluding hydrogens is 304 g/mol. The Balaban J connectivity index is 2.08. The molecule has 0 atom stereocenters. The maximum Gasteiger partial charge on any atom is 0.360 e. The number of hydrogen-bond acceptors (Lipinski definition) is 7. The van der Waals surface area contributed by atoms with Crippen LogP contribution in [0.2, 0.25) is 0 Å². The number of oxazole rings is 1. The number of methoxy groups -OCH3 is 2. The van der Waals surface area contributed by atoms with Crippen molar-refractivity contribution >= 4 is 11.9 Å². The number of furan rings is 1. The summed E-state index contributed by atoms with van der Waals surface area (Å²) >= 11 is 0. The zero-order valence-electron chi connectivity index (χ0n) is 13.0. The summed E-state index contributed by atoms with van der Waals surface area (Å²) in [5.74, 6) is -0.419. The van der Waals surface area contributed by atoms with Gasteiger partial charge in [0, 0.05) is 20.3 Å². The molecule has 2 heterocycles. The normalized spacial score (nSPS) is 10.5. The summed E-state index contributed by atoms with van der Waals surface area (Å²) in [7, 11) is 2.85. The van der Waals surface area contributed by atoms with Gasteiger partial charge in [-0.25, -0.2) is 9.78 Å². The lowest BCUT2D eigenvalue weighted by atomic mass is 10.3. The Kier molecular flexibility index (Phi) is 5.93. The van der Waals surface area contributed by atoms with Gasteiger partial charge in [0.1, 0.15) is 6.26 Å². The van der Waals surface area contributed by atoms with Crippen molar-refractivity contribution in [3.8, 4) is 0 Å². The third-order valence-electron chi connectivity index (χ3n) is 3.07. The Hall–Kier alpha value is -2.61. The third-order valence-corrected chi connectivity index (χ3v) is 3.07. The molecule has 0 spiro atoms. The first-order valence-electron chi connectivity index (χ1n) is 7.00. The molecule has 2 aromatic rings. The van der Waals surface area contributed by atoms with Gasteiger partial charge < -0.3 is 23.2 Å². The van der Waals surface area contributed by atoms with Gasteiger partial charge in [-0.15, -0.1) is 0 Å². The first-order chi connectivity index (χ1) is 11.2. The number of rotatable bonds is 8. The molecule has 0 aliphatic carbocycles. The molecule has 0 N–H and O–H groups in total. The number of carbonyl (C=O) groups excluding carboxylic acids is 2. The summed E-state index contributed by atoms with van der Waals surface area (Å²) < 4.78 is 19.9. The van der Waals surface area contributed by atoms with Crippen LogP contribution in [0.4, 0.5) is 0 Å². The summed E-state index contributed by atoms with van der Waals surface area (Å²) in [4.78, 5) is 29.4. The molecule has 124 valence electrons. The van der Waals surface area contributed by atoms with E-state index in [1.807, 2.05) is 0 Å². The highest BCUT2D eigenvalue weighted by atomic mass is 16.5. The quantitative estimate of drug-likeness (QED) is 0.539. The molecule has 0 aromatic carbocycles. The molecule has 8 heteroatoms. The van der Waals surface area contributed by atoms with Crippen LogP contribution in [0.5, 0.6) is 0 Å². The Morgan fingerprint density at radius 3 is 2.78 bits per heavy atom. The molecule has 0 fully saturated rings. The molecule has 0 saturated carbocycles. The molecule has 0 aliphatic heterocycles. The molecule has 0 aliphatic rings. The zero-order chi connectivity index (χ0) is 16.7. The summed E-state index contributed by atoms with van der Waals surface area (Å²) in [5, 5.41) is 0. The predicted octanol–water partition coefficient (Wildman–Crippen LogP) is 1.73. The van der Waals surface area contributed by atoms with E-state index in [9.17, 15) is 9.59 Å². The van der Waals surface area contributed by atoms with E-state index in [-0.39, 0.29) is 29.8 Å². The van der Waals surface area contributed by atoms with E-state index in [1.54, 1.807) is 19.2 Å². The minimum Gasteiger partial charge on any atom is -0.464 e. The van der Waals surface area contributed by atoms with Crippen molar-refractivity contribution in [1.82, 2.24) is 9.88 Å². The lowest BCUT2D eigenvalue weighted by Gasteiger charge is -2.19. The SMILES string of the molecule is COCCCN(Cc1nc(C(=O)OC)co1)C(=O)c1ccco1. The van der Waals surface area contributed by atoms with Gasteiger partial charge in [0.05, 0.1) is 19.9 Å². The molecule has 23 heavy (non-hydrogen) atoms. The van der Waals surface area contributed by atoms with Crippen molar-refractivity contribution in [2.75, 3.05) is 27.4 Å². The highest BCUT2D eigenvalue weighted by Crippen LogP contribution is 2.12. The van der Waals surface area contributed by atoms with Gasteiger partial charge in [0.15, 0.2) is 11.5 Å². The number of carbonyl (C=O) groups is 2. The van der Waals surface area contributed by atoms with Crippen molar-refractivity contribution in [3.05, 3.63) is 42.0 Å². The summed E-state index contributed by atoms with van der Waals surface area (Å²) in [6, 6.07) is 3.22. The second kappa shape index (κ2) is 8.14. The second-order valence-corrected chi connectivity index (χ2v) is 4.67. The minimum atomic E-state index is -0.594. The van der Waals surface area contributed by atoms with Crippen LogP contribution in [0.3, 0.4) is 0 Å². The number of esters is 1. The minimum absolute atomic E-state index is 0.0600. The smallest absolute Gasteiger partial charge is 0.360 e. The van der Waals surface area contributed by atoms with E-state index in [1.165, 1.54) is 24.5 Å². The van der Waals surface area contributed by atoms with Crippen molar-refractivity contribution in [1.29, 1.82) is 0 Å². The first-order valence-corrected chi connectivity index (χ1v) is 7.00. The van der Waals surface area contributed by atoms with Crippen molar-refractivity contribution in [2.45, 2.75) is 13.0 Å². The molecule has 2 rings (SSSR count).